The molecule has 4 fully saturated rings. The van der Waals surface area contributed by atoms with E-state index < -0.39 is 18.4 Å². The van der Waals surface area contributed by atoms with Crippen LogP contribution in [-0.4, -0.2) is 40.8 Å². The SMILES string of the molecule is CC1(C)CC[C@]2(C)CC[C@]3(C)C(=CC[C@@H]4[C@]5(C)C(CC[C@]43C)C(C)(C)[C@@H](OC(=O)CO)C[C@H]5OC(C)(C)O)[C@H]2C1. The van der Waals surface area contributed by atoms with Gasteiger partial charge in [0, 0.05) is 17.3 Å². The van der Waals surface area contributed by atoms with Crippen LogP contribution >= 0.6 is 0 Å². The molecule has 0 aliphatic heterocycles. The average molecular weight is 559 g/mol. The fourth-order valence-corrected chi connectivity index (χ4v) is 11.3. The monoisotopic (exact) mass is 558 g/mol. The van der Waals surface area contributed by atoms with Gasteiger partial charge in [0.15, 0.2) is 5.79 Å². The molecule has 0 heterocycles. The van der Waals surface area contributed by atoms with Gasteiger partial charge in [-0.15, -0.1) is 0 Å². The van der Waals surface area contributed by atoms with E-state index in [1.807, 2.05) is 0 Å². The molecule has 5 rings (SSSR count). The number of aliphatic hydroxyl groups is 2. The number of allylic oxidation sites excluding steroid dienone is 2. The quantitative estimate of drug-likeness (QED) is 0.213. The summed E-state index contributed by atoms with van der Waals surface area (Å²) in [6.07, 6.45) is 12.3. The molecular weight excluding hydrogens is 500 g/mol. The summed E-state index contributed by atoms with van der Waals surface area (Å²) in [6.45, 7) is 22.5. The number of esters is 1. The summed E-state index contributed by atoms with van der Waals surface area (Å²) in [6, 6.07) is 0. The van der Waals surface area contributed by atoms with E-state index in [0.717, 1.165) is 19.3 Å². The molecule has 0 aromatic carbocycles. The second-order valence-electron chi connectivity index (χ2n) is 17.5. The number of ether oxygens (including phenoxy) is 2. The summed E-state index contributed by atoms with van der Waals surface area (Å²) < 4.78 is 12.5. The maximum absolute atomic E-state index is 12.3. The highest BCUT2D eigenvalue weighted by Gasteiger charge is 2.70. The number of hydrogen-bond donors (Lipinski definition) is 2. The lowest BCUT2D eigenvalue weighted by Gasteiger charge is -2.72. The molecule has 5 aliphatic carbocycles. The van der Waals surface area contributed by atoms with Gasteiger partial charge in [-0.05, 0) is 105 Å². The molecule has 2 N–H and O–H groups in total. The minimum Gasteiger partial charge on any atom is -0.460 e. The van der Waals surface area contributed by atoms with Crippen molar-refractivity contribution in [1.29, 1.82) is 0 Å². The Labute approximate surface area is 243 Å². The third kappa shape index (κ3) is 4.37. The van der Waals surface area contributed by atoms with Crippen molar-refractivity contribution < 1.29 is 24.5 Å². The highest BCUT2D eigenvalue weighted by atomic mass is 16.6. The number of fused-ring (bicyclic) bond motifs is 7. The highest BCUT2D eigenvalue weighted by Crippen LogP contribution is 2.76. The largest absolute Gasteiger partial charge is 0.460 e. The molecular formula is C35H58O5. The lowest BCUT2D eigenvalue weighted by atomic mass is 9.33. The van der Waals surface area contributed by atoms with Crippen LogP contribution < -0.4 is 0 Å². The van der Waals surface area contributed by atoms with E-state index in [1.165, 1.54) is 32.1 Å². The predicted molar refractivity (Wildman–Crippen MR) is 158 cm³/mol. The molecule has 228 valence electrons. The molecule has 0 aromatic heterocycles. The summed E-state index contributed by atoms with van der Waals surface area (Å²) in [5.41, 5.74) is 2.35. The standard InChI is InChI=1S/C35H58O5/c1-29(2)15-16-32(7)17-18-33(8)22(23(32)20-29)11-12-25-34(33,9)14-13-24-30(3,4)26(39-28(37)21-36)19-27(35(24,25)10)40-31(5,6)38/h11,23-27,36,38H,12-21H2,1-10H3/t23-,24?,25+,26+,27-,32-,33-,34-,35+/m1/s1. The van der Waals surface area contributed by atoms with Crippen LogP contribution in [0.15, 0.2) is 11.6 Å². The van der Waals surface area contributed by atoms with Crippen LogP contribution in [0.2, 0.25) is 0 Å². The molecule has 5 nitrogen and oxygen atoms in total. The Morgan fingerprint density at radius 1 is 0.950 bits per heavy atom. The van der Waals surface area contributed by atoms with E-state index in [-0.39, 0.29) is 39.8 Å². The van der Waals surface area contributed by atoms with E-state index in [0.29, 0.717) is 29.1 Å². The Kier molecular flexibility index (Phi) is 7.10. The van der Waals surface area contributed by atoms with Gasteiger partial charge in [0.2, 0.25) is 0 Å². The Morgan fingerprint density at radius 3 is 2.23 bits per heavy atom. The lowest BCUT2D eigenvalue weighted by molar-refractivity contribution is -0.305. The first-order valence-corrected chi connectivity index (χ1v) is 16.1. The topological polar surface area (TPSA) is 76.0 Å². The van der Waals surface area contributed by atoms with E-state index in [4.69, 9.17) is 9.47 Å². The number of hydrogen-bond acceptors (Lipinski definition) is 5. The molecule has 5 aliphatic rings. The summed E-state index contributed by atoms with van der Waals surface area (Å²) in [5, 5.41) is 20.4. The van der Waals surface area contributed by atoms with Crippen molar-refractivity contribution >= 4 is 5.97 Å². The molecule has 5 heteroatoms. The van der Waals surface area contributed by atoms with Gasteiger partial charge in [0.25, 0.3) is 0 Å². The molecule has 0 amide bonds. The predicted octanol–water partition coefficient (Wildman–Crippen LogP) is 7.44. The van der Waals surface area contributed by atoms with Crippen LogP contribution in [0.1, 0.15) is 127 Å². The van der Waals surface area contributed by atoms with Gasteiger partial charge in [-0.25, -0.2) is 4.79 Å². The van der Waals surface area contributed by atoms with Gasteiger partial charge < -0.3 is 19.7 Å². The zero-order valence-electron chi connectivity index (χ0n) is 27.2. The van der Waals surface area contributed by atoms with Crippen LogP contribution in [0.3, 0.4) is 0 Å². The van der Waals surface area contributed by atoms with Crippen LogP contribution in [0, 0.1) is 50.2 Å². The summed E-state index contributed by atoms with van der Waals surface area (Å²) >= 11 is 0. The van der Waals surface area contributed by atoms with Crippen molar-refractivity contribution in [2.75, 3.05) is 6.61 Å². The Morgan fingerprint density at radius 2 is 1.60 bits per heavy atom. The molecule has 0 radical (unpaired) electrons. The molecule has 0 aromatic rings. The van der Waals surface area contributed by atoms with E-state index in [1.54, 1.807) is 19.4 Å². The van der Waals surface area contributed by atoms with Crippen molar-refractivity contribution in [1.82, 2.24) is 0 Å². The number of rotatable bonds is 4. The smallest absolute Gasteiger partial charge is 0.332 e. The molecule has 0 bridgehead atoms. The third-order valence-electron chi connectivity index (χ3n) is 13.9. The minimum absolute atomic E-state index is 0.122. The van der Waals surface area contributed by atoms with Gasteiger partial charge in [-0.2, -0.15) is 0 Å². The van der Waals surface area contributed by atoms with Crippen molar-refractivity contribution in [3.05, 3.63) is 11.6 Å². The van der Waals surface area contributed by atoms with Crippen LogP contribution in [0.4, 0.5) is 0 Å². The minimum atomic E-state index is -1.29. The molecule has 0 saturated heterocycles. The molecule has 0 spiro atoms. The third-order valence-corrected chi connectivity index (χ3v) is 13.9. The fourth-order valence-electron chi connectivity index (χ4n) is 11.3. The summed E-state index contributed by atoms with van der Waals surface area (Å²) in [4.78, 5) is 12.3. The first kappa shape index (κ1) is 30.5. The maximum Gasteiger partial charge on any atom is 0.332 e. The van der Waals surface area contributed by atoms with Crippen molar-refractivity contribution in [2.24, 2.45) is 50.2 Å². The van der Waals surface area contributed by atoms with Gasteiger partial charge in [0.05, 0.1) is 6.10 Å². The fraction of sp³-hybridized carbons (Fsp3) is 0.914. The van der Waals surface area contributed by atoms with Crippen molar-refractivity contribution in [2.45, 2.75) is 145 Å². The van der Waals surface area contributed by atoms with Crippen molar-refractivity contribution in [3.63, 3.8) is 0 Å². The maximum atomic E-state index is 12.3. The zero-order valence-corrected chi connectivity index (χ0v) is 27.2. The second kappa shape index (κ2) is 9.29. The normalized spacial score (nSPS) is 47.6. The first-order valence-electron chi connectivity index (χ1n) is 16.1. The van der Waals surface area contributed by atoms with Crippen molar-refractivity contribution in [3.8, 4) is 0 Å². The lowest BCUT2D eigenvalue weighted by Crippen LogP contribution is -2.69. The average Bonchev–Trinajstić information content (AvgIpc) is 2.83. The molecule has 9 atom stereocenters. The van der Waals surface area contributed by atoms with Gasteiger partial charge in [-0.1, -0.05) is 67.0 Å². The van der Waals surface area contributed by atoms with Gasteiger partial charge in [-0.3, -0.25) is 0 Å². The number of carbonyl (C=O) groups excluding carboxylic acids is 1. The van der Waals surface area contributed by atoms with E-state index in [9.17, 15) is 15.0 Å². The Hall–Kier alpha value is -0.910. The molecule has 4 saturated carbocycles. The van der Waals surface area contributed by atoms with Crippen LogP contribution in [0.25, 0.3) is 0 Å². The molecule has 40 heavy (non-hydrogen) atoms. The summed E-state index contributed by atoms with van der Waals surface area (Å²) in [5.74, 6) is -0.556. The van der Waals surface area contributed by atoms with Crippen LogP contribution in [0.5, 0.6) is 0 Å². The zero-order chi connectivity index (χ0) is 29.7. The van der Waals surface area contributed by atoms with E-state index >= 15 is 0 Å². The second-order valence-corrected chi connectivity index (χ2v) is 17.5. The Balaban J connectivity index is 1.59. The number of carbonyl (C=O) groups is 1. The van der Waals surface area contributed by atoms with E-state index in [2.05, 4.69) is 61.5 Å². The Bertz CT molecular complexity index is 1050. The molecule has 1 unspecified atom stereocenters. The number of aliphatic hydroxyl groups excluding tert-OH is 1. The first-order chi connectivity index (χ1) is 18.2. The van der Waals surface area contributed by atoms with Gasteiger partial charge >= 0.3 is 5.97 Å². The van der Waals surface area contributed by atoms with Crippen LogP contribution in [-0.2, 0) is 14.3 Å². The van der Waals surface area contributed by atoms with Gasteiger partial charge in [0.1, 0.15) is 12.7 Å². The summed E-state index contributed by atoms with van der Waals surface area (Å²) in [7, 11) is 0. The highest BCUT2D eigenvalue weighted by molar-refractivity contribution is 5.70.